The van der Waals surface area contributed by atoms with Gasteiger partial charge in [0.25, 0.3) is 0 Å². The van der Waals surface area contributed by atoms with E-state index in [-0.39, 0.29) is 23.9 Å². The molecule has 2 saturated heterocycles. The van der Waals surface area contributed by atoms with Crippen molar-refractivity contribution < 1.29 is 42.5 Å². The van der Waals surface area contributed by atoms with Crippen LogP contribution in [0.25, 0.3) is 0 Å². The van der Waals surface area contributed by atoms with Gasteiger partial charge in [0.2, 0.25) is 5.91 Å². The number of fused-ring (bicyclic) bond motifs is 1. The molecule has 0 unspecified atom stereocenters. The fraction of sp³-hybridized carbons (Fsp3) is 0.762. The van der Waals surface area contributed by atoms with Crippen LogP contribution >= 0.6 is 0 Å². The van der Waals surface area contributed by atoms with Crippen LogP contribution < -0.4 is 5.32 Å². The van der Waals surface area contributed by atoms with E-state index in [9.17, 15) is 27.9 Å². The lowest BCUT2D eigenvalue weighted by Crippen LogP contribution is -2.68. The summed E-state index contributed by atoms with van der Waals surface area (Å²) in [6.45, 7) is 8.85. The molecule has 2 aliphatic rings. The third-order valence-corrected chi connectivity index (χ3v) is 5.85. The zero-order valence-corrected chi connectivity index (χ0v) is 18.8. The largest absolute Gasteiger partial charge is 0.490 e. The van der Waals surface area contributed by atoms with Crippen molar-refractivity contribution >= 4 is 17.8 Å². The zero-order valence-electron chi connectivity index (χ0n) is 18.8. The monoisotopic (exact) mass is 466 g/mol. The van der Waals surface area contributed by atoms with Gasteiger partial charge in [-0.1, -0.05) is 25.5 Å². The number of carboxylic acid groups (broad SMARTS) is 2. The minimum absolute atomic E-state index is 0.0481. The Balaban J connectivity index is 0.000000633. The van der Waals surface area contributed by atoms with Gasteiger partial charge in [-0.2, -0.15) is 13.2 Å². The molecule has 2 aliphatic heterocycles. The fourth-order valence-corrected chi connectivity index (χ4v) is 4.86. The molecule has 2 heterocycles. The van der Waals surface area contributed by atoms with Crippen LogP contribution in [0.4, 0.5) is 13.2 Å². The second-order valence-electron chi connectivity index (χ2n) is 7.99. The highest BCUT2D eigenvalue weighted by Crippen LogP contribution is 2.44. The standard InChI is InChI=1S/C19H32N2O4.C2HF3O2/c1-5-8-14-12-15(18(23)24)21-11-10-19(9-6-2,25-7-3)17(16(14)21)20-13(4)22;3-2(4,5)1(6)7/h5,8,14-17H,6-7,9-12H2,1-4H3,(H,20,22)(H,23,24);(H,6,7)/b8-5-;/t14-,15-,16-,17-,19-;/m1./s1. The molecule has 2 rings (SSSR count). The summed E-state index contributed by atoms with van der Waals surface area (Å²) >= 11 is 0. The summed E-state index contributed by atoms with van der Waals surface area (Å²) in [5.41, 5.74) is -0.427. The topological polar surface area (TPSA) is 116 Å². The summed E-state index contributed by atoms with van der Waals surface area (Å²) < 4.78 is 38.0. The van der Waals surface area contributed by atoms with Crippen LogP contribution in [0, 0.1) is 5.92 Å². The van der Waals surface area contributed by atoms with Gasteiger partial charge in [-0.15, -0.1) is 0 Å². The van der Waals surface area contributed by atoms with Gasteiger partial charge in [0.15, 0.2) is 0 Å². The number of ether oxygens (including phenoxy) is 1. The number of nitrogens with zero attached hydrogens (tertiary/aromatic N) is 1. The van der Waals surface area contributed by atoms with Crippen LogP contribution in [-0.4, -0.2) is 76.0 Å². The van der Waals surface area contributed by atoms with Gasteiger partial charge in [-0.25, -0.2) is 4.79 Å². The van der Waals surface area contributed by atoms with Crippen molar-refractivity contribution in [3.8, 4) is 0 Å². The molecular weight excluding hydrogens is 433 g/mol. The van der Waals surface area contributed by atoms with E-state index >= 15 is 0 Å². The summed E-state index contributed by atoms with van der Waals surface area (Å²) in [5, 5.41) is 19.9. The van der Waals surface area contributed by atoms with Gasteiger partial charge in [0, 0.05) is 26.1 Å². The van der Waals surface area contributed by atoms with Crippen molar-refractivity contribution in [2.24, 2.45) is 5.92 Å². The summed E-state index contributed by atoms with van der Waals surface area (Å²) in [4.78, 5) is 34.7. The number of aliphatic carboxylic acids is 2. The van der Waals surface area contributed by atoms with E-state index in [1.165, 1.54) is 6.92 Å². The molecule has 8 nitrogen and oxygen atoms in total. The normalized spacial score (nSPS) is 30.3. The summed E-state index contributed by atoms with van der Waals surface area (Å²) in [7, 11) is 0. The quantitative estimate of drug-likeness (QED) is 0.494. The Bertz CT molecular complexity index is 692. The maximum absolute atomic E-state index is 12.0. The van der Waals surface area contributed by atoms with Gasteiger partial charge < -0.3 is 20.3 Å². The minimum atomic E-state index is -5.08. The number of halogens is 3. The lowest BCUT2D eigenvalue weighted by Gasteiger charge is -2.52. The number of amides is 1. The number of carbonyl (C=O) groups excluding carboxylic acids is 1. The molecule has 2 fully saturated rings. The second-order valence-corrected chi connectivity index (χ2v) is 7.99. The van der Waals surface area contributed by atoms with Crippen LogP contribution in [0.15, 0.2) is 12.2 Å². The van der Waals surface area contributed by atoms with Crippen molar-refractivity contribution in [1.82, 2.24) is 10.2 Å². The number of alkyl halides is 3. The molecule has 0 aromatic carbocycles. The number of piperidine rings is 1. The second kappa shape index (κ2) is 11.6. The van der Waals surface area contributed by atoms with Gasteiger partial charge in [-0.05, 0) is 39.0 Å². The number of carboxylic acids is 2. The van der Waals surface area contributed by atoms with E-state index < -0.39 is 29.8 Å². The van der Waals surface area contributed by atoms with Crippen LogP contribution in [0.5, 0.6) is 0 Å². The van der Waals surface area contributed by atoms with E-state index in [1.807, 2.05) is 19.9 Å². The lowest BCUT2D eigenvalue weighted by molar-refractivity contribution is -0.192. The van der Waals surface area contributed by atoms with E-state index in [2.05, 4.69) is 23.2 Å². The molecule has 0 aromatic rings. The van der Waals surface area contributed by atoms with Crippen molar-refractivity contribution in [1.29, 1.82) is 0 Å². The molecule has 184 valence electrons. The Labute approximate surface area is 185 Å². The Morgan fingerprint density at radius 2 is 1.84 bits per heavy atom. The Morgan fingerprint density at radius 1 is 1.25 bits per heavy atom. The van der Waals surface area contributed by atoms with E-state index in [1.54, 1.807) is 0 Å². The maximum atomic E-state index is 12.0. The first-order valence-electron chi connectivity index (χ1n) is 10.7. The number of rotatable bonds is 7. The predicted octanol–water partition coefficient (Wildman–Crippen LogP) is 2.82. The Morgan fingerprint density at radius 3 is 2.25 bits per heavy atom. The SMILES string of the molecule is C/C=C\[C@@H]1C[C@H](C(=O)O)N2CC[C@@](CCC)(OCC)[C@H](NC(C)=O)[C@@H]12.O=C(O)C(F)(F)F. The highest BCUT2D eigenvalue weighted by Gasteiger charge is 2.57. The lowest BCUT2D eigenvalue weighted by atomic mass is 9.75. The highest BCUT2D eigenvalue weighted by atomic mass is 19.4. The highest BCUT2D eigenvalue weighted by molar-refractivity contribution is 5.75. The van der Waals surface area contributed by atoms with Crippen LogP contribution in [0.1, 0.15) is 53.4 Å². The fourth-order valence-electron chi connectivity index (χ4n) is 4.86. The molecule has 0 bridgehead atoms. The third kappa shape index (κ3) is 6.68. The minimum Gasteiger partial charge on any atom is -0.480 e. The Hall–Kier alpha value is -2.14. The number of hydrogen-bond acceptors (Lipinski definition) is 5. The van der Waals surface area contributed by atoms with Gasteiger partial charge in [0.1, 0.15) is 6.04 Å². The van der Waals surface area contributed by atoms with Crippen molar-refractivity contribution in [2.45, 2.75) is 83.3 Å². The maximum Gasteiger partial charge on any atom is 0.490 e. The number of carbonyl (C=O) groups is 3. The van der Waals surface area contributed by atoms with Crippen molar-refractivity contribution in [3.05, 3.63) is 12.2 Å². The van der Waals surface area contributed by atoms with Gasteiger partial charge in [0.05, 0.1) is 11.6 Å². The van der Waals surface area contributed by atoms with Crippen LogP contribution in [0.2, 0.25) is 0 Å². The third-order valence-electron chi connectivity index (χ3n) is 5.85. The van der Waals surface area contributed by atoms with E-state index in [0.29, 0.717) is 19.6 Å². The molecule has 32 heavy (non-hydrogen) atoms. The molecule has 0 saturated carbocycles. The number of hydrogen-bond donors (Lipinski definition) is 3. The predicted molar refractivity (Wildman–Crippen MR) is 110 cm³/mol. The molecule has 11 heteroatoms. The number of allylic oxidation sites excluding steroid dienone is 1. The van der Waals surface area contributed by atoms with Crippen LogP contribution in [0.3, 0.4) is 0 Å². The van der Waals surface area contributed by atoms with E-state index in [4.69, 9.17) is 14.6 Å². The molecule has 3 N–H and O–H groups in total. The molecule has 0 spiro atoms. The average molecular weight is 466 g/mol. The molecule has 1 amide bonds. The molecule has 0 radical (unpaired) electrons. The van der Waals surface area contributed by atoms with Gasteiger partial charge >= 0.3 is 18.1 Å². The van der Waals surface area contributed by atoms with Crippen molar-refractivity contribution in [2.75, 3.05) is 13.2 Å². The number of nitrogens with one attached hydrogen (secondary N) is 1. The molecule has 0 aliphatic carbocycles. The smallest absolute Gasteiger partial charge is 0.480 e. The Kier molecular flexibility index (Phi) is 10.2. The van der Waals surface area contributed by atoms with E-state index in [0.717, 1.165) is 19.3 Å². The molecule has 5 atom stereocenters. The summed E-state index contributed by atoms with van der Waals surface area (Å²) in [6, 6.07) is -0.749. The first kappa shape index (κ1) is 27.9. The summed E-state index contributed by atoms with van der Waals surface area (Å²) in [6.07, 6.45) is 2.12. The molecular formula is C21H33F3N2O6. The first-order valence-corrected chi connectivity index (χ1v) is 10.7. The average Bonchev–Trinajstić information content (AvgIpc) is 3.03. The summed E-state index contributed by atoms with van der Waals surface area (Å²) in [5.74, 6) is -3.53. The molecule has 0 aromatic heterocycles. The van der Waals surface area contributed by atoms with Crippen LogP contribution in [-0.2, 0) is 19.1 Å². The first-order chi connectivity index (χ1) is 14.8. The van der Waals surface area contributed by atoms with Gasteiger partial charge in [-0.3, -0.25) is 14.5 Å². The van der Waals surface area contributed by atoms with Crippen molar-refractivity contribution in [3.63, 3.8) is 0 Å². The zero-order chi connectivity index (χ0) is 24.7.